The Labute approximate surface area is 131 Å². The summed E-state index contributed by atoms with van der Waals surface area (Å²) in [4.78, 5) is 14.1. The van der Waals surface area contributed by atoms with Crippen LogP contribution >= 0.6 is 15.9 Å². The molecule has 2 aromatic rings. The quantitative estimate of drug-likeness (QED) is 0.856. The zero-order chi connectivity index (χ0) is 15.6. The molecule has 0 saturated carbocycles. The Balaban J connectivity index is 2.21. The van der Waals surface area contributed by atoms with E-state index in [2.05, 4.69) is 15.9 Å². The Hall–Kier alpha value is -1.88. The van der Waals surface area contributed by atoms with Crippen molar-refractivity contribution in [1.82, 2.24) is 4.90 Å². The molecule has 0 heterocycles. The van der Waals surface area contributed by atoms with Crippen molar-refractivity contribution in [3.63, 3.8) is 0 Å². The molecule has 0 unspecified atom stereocenters. The molecular formula is C16H16BrFN2O. The maximum Gasteiger partial charge on any atom is 0.254 e. The molecule has 0 bridgehead atoms. The highest BCUT2D eigenvalue weighted by Gasteiger charge is 2.16. The highest BCUT2D eigenvalue weighted by molar-refractivity contribution is 9.10. The van der Waals surface area contributed by atoms with Crippen LogP contribution in [0.25, 0.3) is 0 Å². The second-order valence-electron chi connectivity index (χ2n) is 4.96. The van der Waals surface area contributed by atoms with Crippen molar-refractivity contribution in [3.05, 3.63) is 63.4 Å². The predicted molar refractivity (Wildman–Crippen MR) is 85.5 cm³/mol. The Morgan fingerprint density at radius 3 is 2.52 bits per heavy atom. The predicted octanol–water partition coefficient (Wildman–Crippen LogP) is 3.75. The number of benzene rings is 2. The molecule has 2 N–H and O–H groups in total. The second-order valence-corrected chi connectivity index (χ2v) is 5.87. The standard InChI is InChI=1S/C16H16BrFN2O/c1-10-14(7-12(17)8-15(10)19)16(21)20(2)9-11-3-5-13(18)6-4-11/h3-8H,9,19H2,1-2H3. The van der Waals surface area contributed by atoms with Crippen LogP contribution in [0.5, 0.6) is 0 Å². The van der Waals surface area contributed by atoms with Crippen molar-refractivity contribution < 1.29 is 9.18 Å². The van der Waals surface area contributed by atoms with Crippen LogP contribution in [-0.2, 0) is 6.54 Å². The molecule has 0 aliphatic heterocycles. The van der Waals surface area contributed by atoms with Gasteiger partial charge in [0.15, 0.2) is 0 Å². The monoisotopic (exact) mass is 350 g/mol. The Morgan fingerprint density at radius 2 is 1.90 bits per heavy atom. The van der Waals surface area contributed by atoms with E-state index in [1.165, 1.54) is 12.1 Å². The fourth-order valence-electron chi connectivity index (χ4n) is 2.06. The maximum absolute atomic E-state index is 12.9. The molecule has 5 heteroatoms. The van der Waals surface area contributed by atoms with Crippen LogP contribution in [0.3, 0.4) is 0 Å². The van der Waals surface area contributed by atoms with E-state index < -0.39 is 0 Å². The summed E-state index contributed by atoms with van der Waals surface area (Å²) in [5, 5.41) is 0. The zero-order valence-electron chi connectivity index (χ0n) is 11.9. The fraction of sp³-hybridized carbons (Fsp3) is 0.188. The van der Waals surface area contributed by atoms with Crippen molar-refractivity contribution >= 4 is 27.5 Å². The van der Waals surface area contributed by atoms with Gasteiger partial charge in [0, 0.05) is 29.3 Å². The first-order chi connectivity index (χ1) is 9.88. The largest absolute Gasteiger partial charge is 0.398 e. The topological polar surface area (TPSA) is 46.3 Å². The summed E-state index contributed by atoms with van der Waals surface area (Å²) in [6, 6.07) is 9.63. The van der Waals surface area contributed by atoms with Crippen molar-refractivity contribution in [2.45, 2.75) is 13.5 Å². The van der Waals surface area contributed by atoms with E-state index >= 15 is 0 Å². The number of amides is 1. The van der Waals surface area contributed by atoms with Gasteiger partial charge in [0.05, 0.1) is 0 Å². The van der Waals surface area contributed by atoms with Crippen LogP contribution in [0, 0.1) is 12.7 Å². The number of carbonyl (C=O) groups is 1. The number of carbonyl (C=O) groups excluding carboxylic acids is 1. The molecule has 21 heavy (non-hydrogen) atoms. The van der Waals surface area contributed by atoms with E-state index in [9.17, 15) is 9.18 Å². The highest BCUT2D eigenvalue weighted by Crippen LogP contribution is 2.24. The Bertz CT molecular complexity index is 671. The lowest BCUT2D eigenvalue weighted by molar-refractivity contribution is 0.0784. The summed E-state index contributed by atoms with van der Waals surface area (Å²) in [5.74, 6) is -0.409. The normalized spacial score (nSPS) is 10.5. The number of nitrogen functional groups attached to an aromatic ring is 1. The van der Waals surface area contributed by atoms with Gasteiger partial charge in [0.25, 0.3) is 5.91 Å². The molecule has 0 radical (unpaired) electrons. The third kappa shape index (κ3) is 3.61. The Kier molecular flexibility index (Phi) is 4.63. The van der Waals surface area contributed by atoms with Crippen LogP contribution in [-0.4, -0.2) is 17.9 Å². The van der Waals surface area contributed by atoms with E-state index in [0.717, 1.165) is 15.6 Å². The van der Waals surface area contributed by atoms with E-state index in [0.29, 0.717) is 17.8 Å². The van der Waals surface area contributed by atoms with Crippen molar-refractivity contribution in [2.75, 3.05) is 12.8 Å². The van der Waals surface area contributed by atoms with Crippen LogP contribution in [0.1, 0.15) is 21.5 Å². The van der Waals surface area contributed by atoms with Gasteiger partial charge in [-0.2, -0.15) is 0 Å². The number of rotatable bonds is 3. The van der Waals surface area contributed by atoms with Gasteiger partial charge in [0.1, 0.15) is 5.82 Å². The molecule has 0 fully saturated rings. The lowest BCUT2D eigenvalue weighted by atomic mass is 10.1. The third-order valence-electron chi connectivity index (χ3n) is 3.32. The van der Waals surface area contributed by atoms with Gasteiger partial charge in [-0.15, -0.1) is 0 Å². The molecule has 0 spiro atoms. The van der Waals surface area contributed by atoms with Gasteiger partial charge in [-0.25, -0.2) is 4.39 Å². The van der Waals surface area contributed by atoms with Gasteiger partial charge >= 0.3 is 0 Å². The van der Waals surface area contributed by atoms with Gasteiger partial charge in [-0.3, -0.25) is 4.79 Å². The van der Waals surface area contributed by atoms with Crippen LogP contribution in [0.15, 0.2) is 40.9 Å². The molecule has 1 amide bonds. The van der Waals surface area contributed by atoms with Crippen molar-refractivity contribution in [2.24, 2.45) is 0 Å². The van der Waals surface area contributed by atoms with E-state index in [1.807, 2.05) is 6.92 Å². The molecule has 0 aliphatic carbocycles. The summed E-state index contributed by atoms with van der Waals surface area (Å²) < 4.78 is 13.7. The molecule has 0 atom stereocenters. The van der Waals surface area contributed by atoms with E-state index in [1.54, 1.807) is 36.2 Å². The van der Waals surface area contributed by atoms with Gasteiger partial charge in [0.2, 0.25) is 0 Å². The first-order valence-corrected chi connectivity index (χ1v) is 7.23. The van der Waals surface area contributed by atoms with Crippen molar-refractivity contribution in [3.8, 4) is 0 Å². The van der Waals surface area contributed by atoms with E-state index in [4.69, 9.17) is 5.73 Å². The van der Waals surface area contributed by atoms with Crippen LogP contribution < -0.4 is 5.73 Å². The number of halogens is 2. The van der Waals surface area contributed by atoms with Crippen LogP contribution in [0.2, 0.25) is 0 Å². The maximum atomic E-state index is 12.9. The minimum Gasteiger partial charge on any atom is -0.398 e. The first-order valence-electron chi connectivity index (χ1n) is 6.44. The number of hydrogen-bond acceptors (Lipinski definition) is 2. The number of nitrogens with zero attached hydrogens (tertiary/aromatic N) is 1. The van der Waals surface area contributed by atoms with Gasteiger partial charge in [-0.05, 0) is 42.3 Å². The molecule has 0 aliphatic rings. The average Bonchev–Trinajstić information content (AvgIpc) is 2.44. The molecule has 0 aromatic heterocycles. The fourth-order valence-corrected chi connectivity index (χ4v) is 2.54. The highest BCUT2D eigenvalue weighted by atomic mass is 79.9. The minimum atomic E-state index is -0.289. The molecule has 2 rings (SSSR count). The van der Waals surface area contributed by atoms with Gasteiger partial charge in [-0.1, -0.05) is 28.1 Å². The summed E-state index contributed by atoms with van der Waals surface area (Å²) in [6.45, 7) is 2.23. The molecule has 110 valence electrons. The molecule has 2 aromatic carbocycles. The summed E-state index contributed by atoms with van der Waals surface area (Å²) in [6.07, 6.45) is 0. The summed E-state index contributed by atoms with van der Waals surface area (Å²) in [7, 11) is 1.71. The Morgan fingerprint density at radius 1 is 1.29 bits per heavy atom. The zero-order valence-corrected chi connectivity index (χ0v) is 13.4. The third-order valence-corrected chi connectivity index (χ3v) is 3.78. The first kappa shape index (κ1) is 15.5. The average molecular weight is 351 g/mol. The minimum absolute atomic E-state index is 0.121. The van der Waals surface area contributed by atoms with E-state index in [-0.39, 0.29) is 11.7 Å². The van der Waals surface area contributed by atoms with Gasteiger partial charge < -0.3 is 10.6 Å². The smallest absolute Gasteiger partial charge is 0.254 e. The number of anilines is 1. The molecular weight excluding hydrogens is 335 g/mol. The second kappa shape index (κ2) is 6.26. The van der Waals surface area contributed by atoms with Crippen LogP contribution in [0.4, 0.5) is 10.1 Å². The summed E-state index contributed by atoms with van der Waals surface area (Å²) in [5.41, 5.74) is 8.65. The SMILES string of the molecule is Cc1c(N)cc(Br)cc1C(=O)N(C)Cc1ccc(F)cc1. The lowest BCUT2D eigenvalue weighted by Gasteiger charge is -2.19. The summed E-state index contributed by atoms with van der Waals surface area (Å²) >= 11 is 3.35. The lowest BCUT2D eigenvalue weighted by Crippen LogP contribution is -2.27. The number of hydrogen-bond donors (Lipinski definition) is 1. The number of nitrogens with two attached hydrogens (primary N) is 1. The molecule has 0 saturated heterocycles. The van der Waals surface area contributed by atoms with Crippen molar-refractivity contribution in [1.29, 1.82) is 0 Å². The molecule has 3 nitrogen and oxygen atoms in total.